The highest BCUT2D eigenvalue weighted by Gasteiger charge is 2.46. The molecule has 0 N–H and O–H groups in total. The molecule has 0 aliphatic carbocycles. The topological polar surface area (TPSA) is 105 Å². The summed E-state index contributed by atoms with van der Waals surface area (Å²) in [5.41, 5.74) is 8.38. The third-order valence-corrected chi connectivity index (χ3v) is 4.17. The zero-order valence-electron chi connectivity index (χ0n) is 13.7. The van der Waals surface area contributed by atoms with Gasteiger partial charge in [0.1, 0.15) is 12.1 Å². The van der Waals surface area contributed by atoms with Crippen LogP contribution in [-0.2, 0) is 20.9 Å². The highest BCUT2D eigenvalue weighted by Crippen LogP contribution is 2.32. The molecule has 1 aromatic carbocycles. The first-order valence-electron chi connectivity index (χ1n) is 7.64. The number of hydrogen-bond donors (Lipinski definition) is 0. The maximum Gasteiger partial charge on any atom is 0.410 e. The van der Waals surface area contributed by atoms with Gasteiger partial charge in [0.2, 0.25) is 0 Å². The Hall–Kier alpha value is -2.73. The number of carbonyl (C=O) groups is 2. The van der Waals surface area contributed by atoms with Gasteiger partial charge in [-0.05, 0) is 30.9 Å². The first kappa shape index (κ1) is 17.6. The highest BCUT2D eigenvalue weighted by atomic mass is 16.6. The summed E-state index contributed by atoms with van der Waals surface area (Å²) in [7, 11) is 1.25. The quantitative estimate of drug-likeness (QED) is 0.366. The van der Waals surface area contributed by atoms with Crippen LogP contribution in [0.4, 0.5) is 4.79 Å². The molecule has 0 bridgehead atoms. The zero-order chi connectivity index (χ0) is 17.6. The van der Waals surface area contributed by atoms with E-state index in [2.05, 4.69) is 10.0 Å². The number of hydrogen-bond acceptors (Lipinski definition) is 5. The minimum atomic E-state index is -1.26. The van der Waals surface area contributed by atoms with Crippen LogP contribution in [0.15, 0.2) is 35.4 Å². The van der Waals surface area contributed by atoms with Gasteiger partial charge in [0.05, 0.1) is 7.11 Å². The average molecular weight is 332 g/mol. The second-order valence-corrected chi connectivity index (χ2v) is 5.75. The fraction of sp³-hybridized carbons (Fsp3) is 0.500. The molecule has 2 rings (SSSR count). The van der Waals surface area contributed by atoms with Crippen LogP contribution in [0.3, 0.4) is 0 Å². The summed E-state index contributed by atoms with van der Waals surface area (Å²) < 4.78 is 10.1. The molecule has 128 valence electrons. The fourth-order valence-corrected chi connectivity index (χ4v) is 2.89. The molecule has 1 fully saturated rings. The van der Waals surface area contributed by atoms with Crippen molar-refractivity contribution in [3.05, 3.63) is 46.3 Å². The molecule has 0 aromatic heterocycles. The molecule has 1 aliphatic rings. The lowest BCUT2D eigenvalue weighted by Crippen LogP contribution is -2.54. The Morgan fingerprint density at radius 1 is 1.42 bits per heavy atom. The van der Waals surface area contributed by atoms with Gasteiger partial charge in [0.15, 0.2) is 0 Å². The summed E-state index contributed by atoms with van der Waals surface area (Å²) in [5.74, 6) is -0.579. The minimum Gasteiger partial charge on any atom is -0.468 e. The highest BCUT2D eigenvalue weighted by molar-refractivity contribution is 5.81. The van der Waals surface area contributed by atoms with E-state index < -0.39 is 17.6 Å². The maximum absolute atomic E-state index is 12.3. The second-order valence-electron chi connectivity index (χ2n) is 5.75. The summed E-state index contributed by atoms with van der Waals surface area (Å²) in [4.78, 5) is 28.6. The number of benzene rings is 1. The Morgan fingerprint density at radius 3 is 2.71 bits per heavy atom. The van der Waals surface area contributed by atoms with Gasteiger partial charge < -0.3 is 14.4 Å². The Labute approximate surface area is 140 Å². The summed E-state index contributed by atoms with van der Waals surface area (Å²) in [5, 5.41) is 3.65. The summed E-state index contributed by atoms with van der Waals surface area (Å²) in [6, 6.07) is 9.06. The lowest BCUT2D eigenvalue weighted by atomic mass is 9.84. The van der Waals surface area contributed by atoms with Crippen LogP contribution in [0.5, 0.6) is 0 Å². The molecule has 1 aromatic rings. The van der Waals surface area contributed by atoms with Gasteiger partial charge in [-0.2, -0.15) is 0 Å². The molecule has 1 aliphatic heterocycles. The summed E-state index contributed by atoms with van der Waals surface area (Å²) >= 11 is 0. The number of amides is 1. The van der Waals surface area contributed by atoms with Crippen molar-refractivity contribution in [3.63, 3.8) is 0 Å². The number of esters is 1. The van der Waals surface area contributed by atoms with E-state index in [-0.39, 0.29) is 32.0 Å². The number of azide groups is 1. The maximum atomic E-state index is 12.3. The van der Waals surface area contributed by atoms with E-state index in [1.165, 1.54) is 12.0 Å². The molecule has 0 spiro atoms. The van der Waals surface area contributed by atoms with Gasteiger partial charge in [0.25, 0.3) is 0 Å². The third kappa shape index (κ3) is 3.78. The molecule has 0 radical (unpaired) electrons. The van der Waals surface area contributed by atoms with Gasteiger partial charge in [-0.1, -0.05) is 35.4 Å². The minimum absolute atomic E-state index is 0.182. The van der Waals surface area contributed by atoms with E-state index in [0.717, 1.165) is 5.56 Å². The molecule has 1 saturated heterocycles. The Bertz CT molecular complexity index is 645. The smallest absolute Gasteiger partial charge is 0.410 e. The van der Waals surface area contributed by atoms with E-state index in [1.54, 1.807) is 6.92 Å². The van der Waals surface area contributed by atoms with Crippen LogP contribution in [0.25, 0.3) is 10.4 Å². The second kappa shape index (κ2) is 7.70. The van der Waals surface area contributed by atoms with Crippen molar-refractivity contribution in [2.45, 2.75) is 38.0 Å². The predicted octanol–water partition coefficient (Wildman–Crippen LogP) is 3.03. The summed E-state index contributed by atoms with van der Waals surface area (Å²) in [6.07, 6.45) is -0.0515. The molecule has 0 unspecified atom stereocenters. The van der Waals surface area contributed by atoms with Crippen LogP contribution in [0.2, 0.25) is 0 Å². The molecule has 0 saturated carbocycles. The summed E-state index contributed by atoms with van der Waals surface area (Å²) in [6.45, 7) is 2.22. The SMILES string of the molecule is COC(=O)[C@@]1(N=[N+]=[N-])CCN(C(=O)OCc2ccccc2)[C@@H](C)C1. The van der Waals surface area contributed by atoms with E-state index in [4.69, 9.17) is 15.0 Å². The van der Waals surface area contributed by atoms with E-state index in [9.17, 15) is 9.59 Å². The van der Waals surface area contributed by atoms with Gasteiger partial charge in [-0.25, -0.2) is 4.79 Å². The van der Waals surface area contributed by atoms with Crippen molar-refractivity contribution in [1.29, 1.82) is 0 Å². The van der Waals surface area contributed by atoms with Crippen molar-refractivity contribution >= 4 is 12.1 Å². The zero-order valence-corrected chi connectivity index (χ0v) is 13.7. The van der Waals surface area contributed by atoms with Gasteiger partial charge in [-0.15, -0.1) is 0 Å². The number of rotatable bonds is 4. The van der Waals surface area contributed by atoms with Crippen molar-refractivity contribution in [3.8, 4) is 0 Å². The van der Waals surface area contributed by atoms with E-state index in [1.807, 2.05) is 30.3 Å². The van der Waals surface area contributed by atoms with Gasteiger partial charge >= 0.3 is 12.1 Å². The Balaban J connectivity index is 2.00. The van der Waals surface area contributed by atoms with Gasteiger partial charge in [-0.3, -0.25) is 4.79 Å². The molecule has 8 heteroatoms. The van der Waals surface area contributed by atoms with Crippen LogP contribution >= 0.6 is 0 Å². The largest absolute Gasteiger partial charge is 0.468 e. The number of likely N-dealkylation sites (tertiary alicyclic amines) is 1. The predicted molar refractivity (Wildman–Crippen MR) is 85.9 cm³/mol. The molecule has 24 heavy (non-hydrogen) atoms. The van der Waals surface area contributed by atoms with Crippen LogP contribution in [0.1, 0.15) is 25.3 Å². The Morgan fingerprint density at radius 2 is 2.12 bits per heavy atom. The molecule has 8 nitrogen and oxygen atoms in total. The molecular formula is C16H20N4O4. The average Bonchev–Trinajstić information content (AvgIpc) is 2.60. The Kier molecular flexibility index (Phi) is 5.65. The van der Waals surface area contributed by atoms with E-state index >= 15 is 0 Å². The van der Waals surface area contributed by atoms with Crippen LogP contribution in [0, 0.1) is 0 Å². The monoisotopic (exact) mass is 332 g/mol. The van der Waals surface area contributed by atoms with Crippen molar-refractivity contribution in [2.24, 2.45) is 5.11 Å². The molecule has 2 atom stereocenters. The fourth-order valence-electron chi connectivity index (χ4n) is 2.89. The first-order valence-corrected chi connectivity index (χ1v) is 7.64. The molecule has 1 amide bonds. The lowest BCUT2D eigenvalue weighted by Gasteiger charge is -2.40. The number of ether oxygens (including phenoxy) is 2. The third-order valence-electron chi connectivity index (χ3n) is 4.17. The van der Waals surface area contributed by atoms with Crippen molar-refractivity contribution in [1.82, 2.24) is 4.90 Å². The van der Waals surface area contributed by atoms with Crippen molar-refractivity contribution in [2.75, 3.05) is 13.7 Å². The number of nitrogens with zero attached hydrogens (tertiary/aromatic N) is 4. The lowest BCUT2D eigenvalue weighted by molar-refractivity contribution is -0.149. The van der Waals surface area contributed by atoms with Gasteiger partial charge in [0, 0.05) is 17.5 Å². The number of methoxy groups -OCH3 is 1. The first-order chi connectivity index (χ1) is 11.5. The van der Waals surface area contributed by atoms with Crippen LogP contribution in [-0.4, -0.2) is 42.2 Å². The van der Waals surface area contributed by atoms with Crippen LogP contribution < -0.4 is 0 Å². The molecule has 1 heterocycles. The van der Waals surface area contributed by atoms with E-state index in [0.29, 0.717) is 0 Å². The standard InChI is InChI=1S/C16H20N4O4/c1-12-10-16(18-19-17,14(21)23-2)8-9-20(12)15(22)24-11-13-6-4-3-5-7-13/h3-7,12H,8-11H2,1-2H3/t12-,16+/m0/s1. The molecular weight excluding hydrogens is 312 g/mol. The van der Waals surface area contributed by atoms with Crippen molar-refractivity contribution < 1.29 is 19.1 Å². The number of piperidine rings is 1. The normalized spacial score (nSPS) is 23.1. The number of carbonyl (C=O) groups excluding carboxylic acids is 2.